The lowest BCUT2D eigenvalue weighted by molar-refractivity contribution is 0.223. The molecular formula is C17H24FN5O. The predicted molar refractivity (Wildman–Crippen MR) is 92.5 cm³/mol. The fourth-order valence-corrected chi connectivity index (χ4v) is 2.09. The number of nitrogens with zero attached hydrogens (tertiary/aromatic N) is 3. The second-order valence-electron chi connectivity index (χ2n) is 5.40. The minimum atomic E-state index is -0.273. The average Bonchev–Trinajstić information content (AvgIpc) is 2.97. The summed E-state index contributed by atoms with van der Waals surface area (Å²) in [7, 11) is 1.89. The molecule has 130 valence electrons. The number of benzene rings is 1. The highest BCUT2D eigenvalue weighted by molar-refractivity contribution is 5.79. The third-order valence-corrected chi connectivity index (χ3v) is 3.37. The molecule has 2 N–H and O–H groups in total. The van der Waals surface area contributed by atoms with Gasteiger partial charge in [-0.3, -0.25) is 4.68 Å². The molecule has 1 aromatic heterocycles. The minimum absolute atomic E-state index is 0.0870. The molecule has 0 saturated heterocycles. The molecule has 0 radical (unpaired) electrons. The summed E-state index contributed by atoms with van der Waals surface area (Å²) in [6.45, 7) is 5.85. The topological polar surface area (TPSA) is 63.5 Å². The molecule has 6 nitrogen and oxygen atoms in total. The number of guanidine groups is 1. The van der Waals surface area contributed by atoms with Gasteiger partial charge in [-0.25, -0.2) is 9.38 Å². The van der Waals surface area contributed by atoms with Crippen molar-refractivity contribution in [2.24, 2.45) is 12.0 Å². The van der Waals surface area contributed by atoms with Crippen molar-refractivity contribution in [3.63, 3.8) is 0 Å². The summed E-state index contributed by atoms with van der Waals surface area (Å²) in [6, 6.07) is 7.94. The van der Waals surface area contributed by atoms with Gasteiger partial charge in [-0.05, 0) is 44.2 Å². The van der Waals surface area contributed by atoms with Crippen LogP contribution in [0, 0.1) is 5.82 Å². The van der Waals surface area contributed by atoms with Gasteiger partial charge < -0.3 is 15.4 Å². The number of aromatic nitrogens is 2. The van der Waals surface area contributed by atoms with Gasteiger partial charge in [0.1, 0.15) is 17.7 Å². The van der Waals surface area contributed by atoms with E-state index in [4.69, 9.17) is 4.74 Å². The van der Waals surface area contributed by atoms with Crippen LogP contribution in [-0.2, 0) is 13.6 Å². The van der Waals surface area contributed by atoms with Crippen LogP contribution in [0.1, 0.15) is 19.5 Å². The first-order valence-corrected chi connectivity index (χ1v) is 7.99. The summed E-state index contributed by atoms with van der Waals surface area (Å²) in [5.74, 6) is 1.08. The van der Waals surface area contributed by atoms with Crippen molar-refractivity contribution in [1.29, 1.82) is 0 Å². The lowest BCUT2D eigenvalue weighted by Gasteiger charge is -2.17. The second kappa shape index (κ2) is 8.90. The van der Waals surface area contributed by atoms with E-state index < -0.39 is 0 Å². The second-order valence-corrected chi connectivity index (χ2v) is 5.40. The summed E-state index contributed by atoms with van der Waals surface area (Å²) in [5.41, 5.74) is 1.03. The Hall–Kier alpha value is -2.57. The van der Waals surface area contributed by atoms with Gasteiger partial charge in [-0.2, -0.15) is 5.10 Å². The predicted octanol–water partition coefficient (Wildman–Crippen LogP) is 2.08. The Kier molecular flexibility index (Phi) is 6.60. The fraction of sp³-hybridized carbons (Fsp3) is 0.412. The molecule has 0 aliphatic heterocycles. The van der Waals surface area contributed by atoms with Crippen LogP contribution in [0.3, 0.4) is 0 Å². The number of halogens is 1. The van der Waals surface area contributed by atoms with Gasteiger partial charge in [0.05, 0.1) is 18.8 Å². The molecule has 0 aliphatic rings. The third-order valence-electron chi connectivity index (χ3n) is 3.37. The molecule has 0 aliphatic carbocycles. The quantitative estimate of drug-likeness (QED) is 0.601. The zero-order valence-electron chi connectivity index (χ0n) is 14.3. The van der Waals surface area contributed by atoms with E-state index in [1.54, 1.807) is 23.0 Å². The highest BCUT2D eigenvalue weighted by Crippen LogP contribution is 2.12. The first kappa shape index (κ1) is 17.8. The van der Waals surface area contributed by atoms with E-state index in [9.17, 15) is 4.39 Å². The first-order chi connectivity index (χ1) is 11.6. The van der Waals surface area contributed by atoms with Crippen LogP contribution in [0.2, 0.25) is 0 Å². The van der Waals surface area contributed by atoms with Gasteiger partial charge in [0, 0.05) is 19.8 Å². The Morgan fingerprint density at radius 3 is 2.67 bits per heavy atom. The largest absolute Gasteiger partial charge is 0.489 e. The monoisotopic (exact) mass is 333 g/mol. The van der Waals surface area contributed by atoms with Crippen LogP contribution in [0.4, 0.5) is 4.39 Å². The molecule has 2 rings (SSSR count). The van der Waals surface area contributed by atoms with E-state index in [-0.39, 0.29) is 11.9 Å². The number of ether oxygens (including phenoxy) is 1. The van der Waals surface area contributed by atoms with Gasteiger partial charge in [-0.15, -0.1) is 0 Å². The molecule has 0 fully saturated rings. The molecule has 1 heterocycles. The SMILES string of the molecule is CCNC(=NCc1ccnn1C)NCC(C)Oc1ccc(F)cc1. The number of aryl methyl sites for hydroxylation is 1. The molecule has 1 aromatic carbocycles. The van der Waals surface area contributed by atoms with Crippen molar-refractivity contribution >= 4 is 5.96 Å². The minimum Gasteiger partial charge on any atom is -0.489 e. The van der Waals surface area contributed by atoms with E-state index in [2.05, 4.69) is 20.7 Å². The molecule has 1 unspecified atom stereocenters. The highest BCUT2D eigenvalue weighted by Gasteiger charge is 2.06. The lowest BCUT2D eigenvalue weighted by Crippen LogP contribution is -2.41. The van der Waals surface area contributed by atoms with Crippen LogP contribution >= 0.6 is 0 Å². The highest BCUT2D eigenvalue weighted by atomic mass is 19.1. The summed E-state index contributed by atoms with van der Waals surface area (Å²) in [6.07, 6.45) is 1.67. The normalized spacial score (nSPS) is 12.8. The Bertz CT molecular complexity index is 653. The van der Waals surface area contributed by atoms with Gasteiger partial charge in [0.15, 0.2) is 5.96 Å². The molecule has 0 spiro atoms. The maximum Gasteiger partial charge on any atom is 0.191 e. The summed E-state index contributed by atoms with van der Waals surface area (Å²) in [5, 5.41) is 10.6. The fourth-order valence-electron chi connectivity index (χ4n) is 2.09. The van der Waals surface area contributed by atoms with Gasteiger partial charge in [-0.1, -0.05) is 0 Å². The van der Waals surface area contributed by atoms with Crippen LogP contribution in [0.5, 0.6) is 5.75 Å². The molecule has 24 heavy (non-hydrogen) atoms. The van der Waals surface area contributed by atoms with Crippen molar-refractivity contribution in [3.8, 4) is 5.75 Å². The van der Waals surface area contributed by atoms with Crippen molar-refractivity contribution < 1.29 is 9.13 Å². The Morgan fingerprint density at radius 1 is 1.29 bits per heavy atom. The molecule has 1 atom stereocenters. The summed E-state index contributed by atoms with van der Waals surface area (Å²) >= 11 is 0. The van der Waals surface area contributed by atoms with Crippen molar-refractivity contribution in [2.45, 2.75) is 26.5 Å². The van der Waals surface area contributed by atoms with Crippen molar-refractivity contribution in [2.75, 3.05) is 13.1 Å². The zero-order chi connectivity index (χ0) is 17.4. The van der Waals surface area contributed by atoms with Crippen LogP contribution < -0.4 is 15.4 Å². The summed E-state index contributed by atoms with van der Waals surface area (Å²) < 4.78 is 20.4. The lowest BCUT2D eigenvalue weighted by atomic mass is 10.3. The van der Waals surface area contributed by atoms with Crippen LogP contribution in [0.25, 0.3) is 0 Å². The van der Waals surface area contributed by atoms with Crippen LogP contribution in [-0.4, -0.2) is 34.9 Å². The van der Waals surface area contributed by atoms with Crippen molar-refractivity contribution in [1.82, 2.24) is 20.4 Å². The van der Waals surface area contributed by atoms with Gasteiger partial charge in [0.25, 0.3) is 0 Å². The molecule has 7 heteroatoms. The van der Waals surface area contributed by atoms with Crippen molar-refractivity contribution in [3.05, 3.63) is 48.0 Å². The number of hydrogen-bond acceptors (Lipinski definition) is 3. The summed E-state index contributed by atoms with van der Waals surface area (Å²) in [4.78, 5) is 4.54. The average molecular weight is 333 g/mol. The molecular weight excluding hydrogens is 309 g/mol. The Balaban J connectivity index is 1.85. The molecule has 0 amide bonds. The molecule has 0 saturated carbocycles. The number of rotatable bonds is 7. The maximum absolute atomic E-state index is 12.9. The van der Waals surface area contributed by atoms with E-state index in [1.807, 2.05) is 27.0 Å². The van der Waals surface area contributed by atoms with E-state index in [0.717, 1.165) is 12.2 Å². The first-order valence-electron chi connectivity index (χ1n) is 7.99. The van der Waals surface area contributed by atoms with E-state index in [0.29, 0.717) is 24.8 Å². The molecule has 2 aromatic rings. The third kappa shape index (κ3) is 5.57. The number of aliphatic imine (C=N–C) groups is 1. The number of hydrogen-bond donors (Lipinski definition) is 2. The Labute approximate surface area is 141 Å². The zero-order valence-corrected chi connectivity index (χ0v) is 14.3. The Morgan fingerprint density at radius 2 is 2.04 bits per heavy atom. The number of nitrogens with one attached hydrogen (secondary N) is 2. The van der Waals surface area contributed by atoms with Gasteiger partial charge >= 0.3 is 0 Å². The van der Waals surface area contributed by atoms with Gasteiger partial charge in [0.2, 0.25) is 0 Å². The van der Waals surface area contributed by atoms with E-state index >= 15 is 0 Å². The smallest absolute Gasteiger partial charge is 0.191 e. The standard InChI is InChI=1S/C17H24FN5O/c1-4-19-17(21-12-15-9-10-22-23(15)3)20-11-13(2)24-16-7-5-14(18)6-8-16/h5-10,13H,4,11-12H2,1-3H3,(H2,19,20,21). The van der Waals surface area contributed by atoms with Crippen LogP contribution in [0.15, 0.2) is 41.5 Å². The molecule has 0 bridgehead atoms. The maximum atomic E-state index is 12.9. The van der Waals surface area contributed by atoms with E-state index in [1.165, 1.54) is 12.1 Å².